The fourth-order valence-electron chi connectivity index (χ4n) is 3.13. The van der Waals surface area contributed by atoms with Gasteiger partial charge in [0, 0.05) is 12.0 Å². The first-order chi connectivity index (χ1) is 7.40. The van der Waals surface area contributed by atoms with Gasteiger partial charge in [-0.05, 0) is 43.0 Å². The Morgan fingerprint density at radius 3 is 3.13 bits per heavy atom. The number of hydrogen-bond donors (Lipinski definition) is 1. The fourth-order valence-corrected chi connectivity index (χ4v) is 3.13. The Labute approximate surface area is 90.6 Å². The van der Waals surface area contributed by atoms with Crippen molar-refractivity contribution in [2.45, 2.75) is 31.2 Å². The molecule has 0 unspecified atom stereocenters. The average molecular weight is 203 g/mol. The van der Waals surface area contributed by atoms with Crippen molar-refractivity contribution >= 4 is 0 Å². The first-order valence-corrected chi connectivity index (χ1v) is 5.79. The highest BCUT2D eigenvalue weighted by molar-refractivity contribution is 5.45. The molecule has 1 aliphatic carbocycles. The first-order valence-electron chi connectivity index (χ1n) is 5.79. The summed E-state index contributed by atoms with van der Waals surface area (Å²) in [4.78, 5) is 0. The Morgan fingerprint density at radius 1 is 1.33 bits per heavy atom. The van der Waals surface area contributed by atoms with Crippen LogP contribution >= 0.6 is 0 Å². The molecule has 1 N–H and O–H groups in total. The largest absolute Gasteiger partial charge is 0.496 e. The lowest BCUT2D eigenvalue weighted by Crippen LogP contribution is -2.30. The van der Waals surface area contributed by atoms with E-state index in [4.69, 9.17) is 4.74 Å². The number of fused-ring (bicyclic) bond motifs is 3. The van der Waals surface area contributed by atoms with E-state index in [1.165, 1.54) is 30.5 Å². The molecule has 0 radical (unpaired) electrons. The molecule has 1 fully saturated rings. The van der Waals surface area contributed by atoms with Crippen molar-refractivity contribution in [1.29, 1.82) is 0 Å². The predicted octanol–water partition coefficient (Wildman–Crippen LogP) is 2.09. The number of benzene rings is 1. The topological polar surface area (TPSA) is 21.3 Å². The van der Waals surface area contributed by atoms with Crippen LogP contribution in [0.1, 0.15) is 29.9 Å². The molecule has 2 aliphatic rings. The van der Waals surface area contributed by atoms with Gasteiger partial charge in [-0.3, -0.25) is 0 Å². The van der Waals surface area contributed by atoms with Gasteiger partial charge in [-0.1, -0.05) is 12.1 Å². The minimum absolute atomic E-state index is 0.713. The van der Waals surface area contributed by atoms with Gasteiger partial charge in [0.1, 0.15) is 5.75 Å². The van der Waals surface area contributed by atoms with Crippen LogP contribution in [0.25, 0.3) is 0 Å². The number of ether oxygens (including phenoxy) is 1. The zero-order valence-corrected chi connectivity index (χ0v) is 9.12. The average Bonchev–Trinajstić information content (AvgIpc) is 2.76. The van der Waals surface area contributed by atoms with E-state index in [9.17, 15) is 0 Å². The SMILES string of the molecule is COc1cccc2c1CC[C@@H]1NCC[C@H]21. The molecule has 3 rings (SSSR count). The molecule has 80 valence electrons. The van der Waals surface area contributed by atoms with Crippen molar-refractivity contribution in [3.63, 3.8) is 0 Å². The molecule has 0 spiro atoms. The second kappa shape index (κ2) is 3.53. The van der Waals surface area contributed by atoms with Gasteiger partial charge in [0.2, 0.25) is 0 Å². The van der Waals surface area contributed by atoms with E-state index >= 15 is 0 Å². The van der Waals surface area contributed by atoms with Gasteiger partial charge < -0.3 is 10.1 Å². The molecule has 1 aliphatic heterocycles. The van der Waals surface area contributed by atoms with E-state index in [-0.39, 0.29) is 0 Å². The first kappa shape index (κ1) is 9.22. The van der Waals surface area contributed by atoms with E-state index in [1.807, 2.05) is 0 Å². The second-order valence-electron chi connectivity index (χ2n) is 4.52. The summed E-state index contributed by atoms with van der Waals surface area (Å²) in [6.07, 6.45) is 3.70. The zero-order valence-electron chi connectivity index (χ0n) is 9.12. The number of rotatable bonds is 1. The van der Waals surface area contributed by atoms with E-state index in [0.717, 1.165) is 18.1 Å². The molecule has 2 heteroatoms. The minimum atomic E-state index is 0.713. The summed E-state index contributed by atoms with van der Waals surface area (Å²) in [5, 5.41) is 3.60. The molecule has 1 saturated heterocycles. The van der Waals surface area contributed by atoms with Gasteiger partial charge in [0.15, 0.2) is 0 Å². The van der Waals surface area contributed by atoms with E-state index < -0.39 is 0 Å². The standard InChI is InChI=1S/C13H17NO/c1-15-13-4-2-3-9-10-7-8-14-12(10)6-5-11(9)13/h2-4,10,12,14H,5-8H2,1H3/t10-,12+/m1/s1. The molecule has 2 atom stereocenters. The Bertz CT molecular complexity index is 375. The van der Waals surface area contributed by atoms with Crippen LogP contribution in [-0.4, -0.2) is 19.7 Å². The fraction of sp³-hybridized carbons (Fsp3) is 0.538. The third-order valence-electron chi connectivity index (χ3n) is 3.84. The van der Waals surface area contributed by atoms with Crippen molar-refractivity contribution in [3.8, 4) is 5.75 Å². The normalized spacial score (nSPS) is 28.3. The maximum Gasteiger partial charge on any atom is 0.122 e. The van der Waals surface area contributed by atoms with Crippen LogP contribution in [0.3, 0.4) is 0 Å². The Balaban J connectivity index is 2.07. The van der Waals surface area contributed by atoms with Crippen LogP contribution < -0.4 is 10.1 Å². The van der Waals surface area contributed by atoms with Crippen molar-refractivity contribution in [3.05, 3.63) is 29.3 Å². The third-order valence-corrected chi connectivity index (χ3v) is 3.84. The van der Waals surface area contributed by atoms with Crippen molar-refractivity contribution in [2.75, 3.05) is 13.7 Å². The second-order valence-corrected chi connectivity index (χ2v) is 4.52. The Kier molecular flexibility index (Phi) is 2.17. The number of methoxy groups -OCH3 is 1. The van der Waals surface area contributed by atoms with E-state index in [0.29, 0.717) is 6.04 Å². The lowest BCUT2D eigenvalue weighted by atomic mass is 9.79. The maximum atomic E-state index is 5.44. The van der Waals surface area contributed by atoms with Gasteiger partial charge in [0.25, 0.3) is 0 Å². The van der Waals surface area contributed by atoms with Crippen LogP contribution in [0.15, 0.2) is 18.2 Å². The molecule has 2 nitrogen and oxygen atoms in total. The van der Waals surface area contributed by atoms with Gasteiger partial charge in [-0.15, -0.1) is 0 Å². The molecule has 0 aromatic heterocycles. The quantitative estimate of drug-likeness (QED) is 0.754. The van der Waals surface area contributed by atoms with Gasteiger partial charge in [-0.2, -0.15) is 0 Å². The van der Waals surface area contributed by atoms with Gasteiger partial charge >= 0.3 is 0 Å². The maximum absolute atomic E-state index is 5.44. The molecule has 1 heterocycles. The van der Waals surface area contributed by atoms with Crippen LogP contribution in [0.2, 0.25) is 0 Å². The summed E-state index contributed by atoms with van der Waals surface area (Å²) in [5.74, 6) is 1.81. The third kappa shape index (κ3) is 1.36. The monoisotopic (exact) mass is 203 g/mol. The summed E-state index contributed by atoms with van der Waals surface area (Å²) in [6, 6.07) is 7.20. The number of nitrogens with one attached hydrogen (secondary N) is 1. The van der Waals surface area contributed by atoms with Crippen molar-refractivity contribution < 1.29 is 4.74 Å². The molecule has 1 aromatic rings. The lowest BCUT2D eigenvalue weighted by molar-refractivity contribution is 0.398. The van der Waals surface area contributed by atoms with Crippen LogP contribution in [0.5, 0.6) is 5.75 Å². The Morgan fingerprint density at radius 2 is 2.27 bits per heavy atom. The summed E-state index contributed by atoms with van der Waals surface area (Å²) in [6.45, 7) is 1.17. The summed E-state index contributed by atoms with van der Waals surface area (Å²) < 4.78 is 5.44. The van der Waals surface area contributed by atoms with Crippen molar-refractivity contribution in [1.82, 2.24) is 5.32 Å². The van der Waals surface area contributed by atoms with E-state index in [2.05, 4.69) is 23.5 Å². The van der Waals surface area contributed by atoms with Gasteiger partial charge in [-0.25, -0.2) is 0 Å². The smallest absolute Gasteiger partial charge is 0.122 e. The minimum Gasteiger partial charge on any atom is -0.496 e. The highest BCUT2D eigenvalue weighted by Crippen LogP contribution is 2.40. The molecular formula is C13H17NO. The molecule has 0 amide bonds. The molecule has 1 aromatic carbocycles. The Hall–Kier alpha value is -1.02. The predicted molar refractivity (Wildman–Crippen MR) is 60.5 cm³/mol. The van der Waals surface area contributed by atoms with Crippen LogP contribution in [0, 0.1) is 0 Å². The lowest BCUT2D eigenvalue weighted by Gasteiger charge is -2.29. The zero-order chi connectivity index (χ0) is 10.3. The summed E-state index contributed by atoms with van der Waals surface area (Å²) >= 11 is 0. The summed E-state index contributed by atoms with van der Waals surface area (Å²) in [7, 11) is 1.77. The molecule has 0 saturated carbocycles. The molecule has 15 heavy (non-hydrogen) atoms. The highest BCUT2D eigenvalue weighted by atomic mass is 16.5. The summed E-state index contributed by atoms with van der Waals surface area (Å²) in [5.41, 5.74) is 2.97. The number of hydrogen-bond acceptors (Lipinski definition) is 2. The van der Waals surface area contributed by atoms with E-state index in [1.54, 1.807) is 7.11 Å². The van der Waals surface area contributed by atoms with Crippen LogP contribution in [-0.2, 0) is 6.42 Å². The van der Waals surface area contributed by atoms with Gasteiger partial charge in [0.05, 0.1) is 7.11 Å². The highest BCUT2D eigenvalue weighted by Gasteiger charge is 2.33. The molecular weight excluding hydrogens is 186 g/mol. The van der Waals surface area contributed by atoms with Crippen LogP contribution in [0.4, 0.5) is 0 Å². The molecule has 0 bridgehead atoms. The van der Waals surface area contributed by atoms with Crippen molar-refractivity contribution in [2.24, 2.45) is 0 Å².